The highest BCUT2D eigenvalue weighted by Crippen LogP contribution is 2.27. The van der Waals surface area contributed by atoms with E-state index < -0.39 is 0 Å². The SMILES string of the molecule is Cc1nn(CCO)c(C)c1CNC1(C)CCCCCC1. The van der Waals surface area contributed by atoms with Gasteiger partial charge in [0.15, 0.2) is 0 Å². The first-order valence-corrected chi connectivity index (χ1v) is 7.94. The minimum atomic E-state index is 0.145. The summed E-state index contributed by atoms with van der Waals surface area (Å²) in [5.41, 5.74) is 3.83. The normalized spacial score (nSPS) is 19.0. The Balaban J connectivity index is 2.02. The molecule has 0 unspecified atom stereocenters. The van der Waals surface area contributed by atoms with Crippen LogP contribution in [0.25, 0.3) is 0 Å². The van der Waals surface area contributed by atoms with Gasteiger partial charge < -0.3 is 10.4 Å². The minimum Gasteiger partial charge on any atom is -0.394 e. The quantitative estimate of drug-likeness (QED) is 0.815. The number of hydrogen-bond donors (Lipinski definition) is 2. The maximum Gasteiger partial charge on any atom is 0.0644 e. The van der Waals surface area contributed by atoms with Crippen molar-refractivity contribution in [2.24, 2.45) is 0 Å². The summed E-state index contributed by atoms with van der Waals surface area (Å²) in [6.07, 6.45) is 7.98. The molecule has 0 aromatic carbocycles. The summed E-state index contributed by atoms with van der Waals surface area (Å²) in [7, 11) is 0. The van der Waals surface area contributed by atoms with Crippen LogP contribution in [0.5, 0.6) is 0 Å². The summed E-state index contributed by atoms with van der Waals surface area (Å²) < 4.78 is 1.92. The predicted octanol–water partition coefficient (Wildman–Crippen LogP) is 2.69. The van der Waals surface area contributed by atoms with E-state index in [9.17, 15) is 0 Å². The Hall–Kier alpha value is -0.870. The summed E-state index contributed by atoms with van der Waals surface area (Å²) in [5, 5.41) is 17.4. The number of aryl methyl sites for hydroxylation is 1. The number of nitrogens with zero attached hydrogens (tertiary/aromatic N) is 2. The van der Waals surface area contributed by atoms with Crippen LogP contribution in [0.4, 0.5) is 0 Å². The highest BCUT2D eigenvalue weighted by molar-refractivity contribution is 5.24. The first kappa shape index (κ1) is 15.5. The van der Waals surface area contributed by atoms with Gasteiger partial charge >= 0.3 is 0 Å². The number of aromatic nitrogens is 2. The third-order valence-corrected chi connectivity index (χ3v) is 4.74. The molecule has 4 nitrogen and oxygen atoms in total. The van der Waals surface area contributed by atoms with E-state index in [1.807, 2.05) is 4.68 Å². The lowest BCUT2D eigenvalue weighted by Gasteiger charge is -2.30. The van der Waals surface area contributed by atoms with Gasteiger partial charge in [0.05, 0.1) is 18.8 Å². The molecule has 1 aromatic heterocycles. The average Bonchev–Trinajstić information content (AvgIpc) is 2.57. The molecular formula is C16H29N3O. The Morgan fingerprint density at radius 2 is 1.85 bits per heavy atom. The van der Waals surface area contributed by atoms with Gasteiger partial charge in [-0.2, -0.15) is 5.10 Å². The second-order valence-corrected chi connectivity index (χ2v) is 6.42. The zero-order valence-corrected chi connectivity index (χ0v) is 13.2. The Morgan fingerprint density at radius 3 is 2.45 bits per heavy atom. The third-order valence-electron chi connectivity index (χ3n) is 4.74. The molecule has 0 spiro atoms. The molecule has 1 aromatic rings. The molecule has 1 fully saturated rings. The van der Waals surface area contributed by atoms with Crippen molar-refractivity contribution in [1.29, 1.82) is 0 Å². The van der Waals surface area contributed by atoms with Gasteiger partial charge in [-0.25, -0.2) is 0 Å². The molecule has 1 aliphatic rings. The summed E-state index contributed by atoms with van der Waals surface area (Å²) >= 11 is 0. The lowest BCUT2D eigenvalue weighted by Crippen LogP contribution is -2.41. The van der Waals surface area contributed by atoms with E-state index in [0.29, 0.717) is 6.54 Å². The smallest absolute Gasteiger partial charge is 0.0644 e. The van der Waals surface area contributed by atoms with Crippen molar-refractivity contribution in [2.75, 3.05) is 6.61 Å². The van der Waals surface area contributed by atoms with E-state index in [1.54, 1.807) is 0 Å². The maximum atomic E-state index is 9.07. The Bertz CT molecular complexity index is 431. The number of aliphatic hydroxyl groups excluding tert-OH is 1. The molecular weight excluding hydrogens is 250 g/mol. The number of nitrogens with one attached hydrogen (secondary N) is 1. The van der Waals surface area contributed by atoms with Gasteiger partial charge in [-0.15, -0.1) is 0 Å². The summed E-state index contributed by atoms with van der Waals surface area (Å²) in [6, 6.07) is 0. The highest BCUT2D eigenvalue weighted by atomic mass is 16.3. The number of aliphatic hydroxyl groups is 1. The van der Waals surface area contributed by atoms with Crippen LogP contribution < -0.4 is 5.32 Å². The molecule has 0 bridgehead atoms. The molecule has 20 heavy (non-hydrogen) atoms. The highest BCUT2D eigenvalue weighted by Gasteiger charge is 2.25. The Labute approximate surface area is 122 Å². The van der Waals surface area contributed by atoms with E-state index in [0.717, 1.165) is 12.2 Å². The lowest BCUT2D eigenvalue weighted by molar-refractivity contribution is 0.267. The molecule has 4 heteroatoms. The number of hydrogen-bond acceptors (Lipinski definition) is 3. The van der Waals surface area contributed by atoms with Crippen molar-refractivity contribution < 1.29 is 5.11 Å². The van der Waals surface area contributed by atoms with Gasteiger partial charge in [0.2, 0.25) is 0 Å². The summed E-state index contributed by atoms with van der Waals surface area (Å²) in [5.74, 6) is 0. The van der Waals surface area contributed by atoms with Gasteiger partial charge in [0.25, 0.3) is 0 Å². The van der Waals surface area contributed by atoms with E-state index in [4.69, 9.17) is 5.11 Å². The molecule has 0 amide bonds. The second-order valence-electron chi connectivity index (χ2n) is 6.42. The number of rotatable bonds is 5. The predicted molar refractivity (Wildman–Crippen MR) is 81.7 cm³/mol. The fourth-order valence-corrected chi connectivity index (χ4v) is 3.29. The van der Waals surface area contributed by atoms with Gasteiger partial charge in [0.1, 0.15) is 0 Å². The van der Waals surface area contributed by atoms with Gasteiger partial charge in [-0.05, 0) is 33.6 Å². The standard InChI is InChI=1S/C16H29N3O/c1-13-15(14(2)19(18-13)10-11-20)12-17-16(3)8-6-4-5-7-9-16/h17,20H,4-12H2,1-3H3. The fourth-order valence-electron chi connectivity index (χ4n) is 3.29. The molecule has 114 valence electrons. The van der Waals surface area contributed by atoms with Crippen LogP contribution in [0, 0.1) is 13.8 Å². The van der Waals surface area contributed by atoms with Gasteiger partial charge in [0, 0.05) is 23.3 Å². The van der Waals surface area contributed by atoms with Crippen LogP contribution in [0.2, 0.25) is 0 Å². The van der Waals surface area contributed by atoms with Crippen LogP contribution in [0.15, 0.2) is 0 Å². The largest absolute Gasteiger partial charge is 0.394 e. The van der Waals surface area contributed by atoms with Crippen LogP contribution in [-0.4, -0.2) is 27.0 Å². The van der Waals surface area contributed by atoms with Crippen molar-refractivity contribution in [3.05, 3.63) is 17.0 Å². The molecule has 1 saturated carbocycles. The molecule has 1 heterocycles. The zero-order chi connectivity index (χ0) is 14.6. The lowest BCUT2D eigenvalue weighted by atomic mass is 9.92. The first-order valence-electron chi connectivity index (χ1n) is 7.94. The molecule has 0 atom stereocenters. The Kier molecular flexibility index (Phi) is 5.22. The summed E-state index contributed by atoms with van der Waals surface area (Å²) in [4.78, 5) is 0. The van der Waals surface area contributed by atoms with Crippen molar-refractivity contribution in [3.63, 3.8) is 0 Å². The first-order chi connectivity index (χ1) is 9.56. The molecule has 2 N–H and O–H groups in total. The van der Waals surface area contributed by atoms with Crippen molar-refractivity contribution in [2.45, 2.75) is 77.9 Å². The average molecular weight is 279 g/mol. The third kappa shape index (κ3) is 3.61. The van der Waals surface area contributed by atoms with Crippen molar-refractivity contribution in [1.82, 2.24) is 15.1 Å². The van der Waals surface area contributed by atoms with E-state index >= 15 is 0 Å². The van der Waals surface area contributed by atoms with Crippen LogP contribution >= 0.6 is 0 Å². The molecule has 1 aliphatic carbocycles. The molecule has 0 radical (unpaired) electrons. The maximum absolute atomic E-state index is 9.07. The van der Waals surface area contributed by atoms with Crippen LogP contribution in [0.1, 0.15) is 62.4 Å². The van der Waals surface area contributed by atoms with E-state index in [-0.39, 0.29) is 12.1 Å². The second kappa shape index (κ2) is 6.72. The van der Waals surface area contributed by atoms with E-state index in [2.05, 4.69) is 31.2 Å². The topological polar surface area (TPSA) is 50.1 Å². The van der Waals surface area contributed by atoms with Crippen molar-refractivity contribution >= 4 is 0 Å². The van der Waals surface area contributed by atoms with Gasteiger partial charge in [-0.3, -0.25) is 4.68 Å². The van der Waals surface area contributed by atoms with Gasteiger partial charge in [-0.1, -0.05) is 25.7 Å². The molecule has 2 rings (SSSR count). The fraction of sp³-hybridized carbons (Fsp3) is 0.812. The van der Waals surface area contributed by atoms with E-state index in [1.165, 1.54) is 49.8 Å². The monoisotopic (exact) mass is 279 g/mol. The minimum absolute atomic E-state index is 0.145. The zero-order valence-electron chi connectivity index (χ0n) is 13.2. The molecule has 0 saturated heterocycles. The summed E-state index contributed by atoms with van der Waals surface area (Å²) in [6.45, 7) is 8.15. The van der Waals surface area contributed by atoms with Crippen molar-refractivity contribution in [3.8, 4) is 0 Å². The Morgan fingerprint density at radius 1 is 1.20 bits per heavy atom. The van der Waals surface area contributed by atoms with Crippen LogP contribution in [-0.2, 0) is 13.1 Å². The van der Waals surface area contributed by atoms with Crippen LogP contribution in [0.3, 0.4) is 0 Å². The molecule has 0 aliphatic heterocycles.